The first-order valence-electron chi connectivity index (χ1n) is 3.89. The minimum atomic E-state index is -4.97. The second kappa shape index (κ2) is 4.89. The van der Waals surface area contributed by atoms with Crippen LogP contribution < -0.4 is 9.47 Å². The molecule has 0 unspecified atom stereocenters. The summed E-state index contributed by atoms with van der Waals surface area (Å²) in [7, 11) is 0.986. The lowest BCUT2D eigenvalue weighted by molar-refractivity contribution is -0.390. The lowest BCUT2D eigenvalue weighted by Crippen LogP contribution is -2.18. The second-order valence-electron chi connectivity index (χ2n) is 2.60. The molecule has 17 heavy (non-hydrogen) atoms. The predicted molar refractivity (Wildman–Crippen MR) is 56.8 cm³/mol. The van der Waals surface area contributed by atoms with Crippen LogP contribution >= 0.6 is 22.6 Å². The fourth-order valence-corrected chi connectivity index (χ4v) is 1.50. The molecular formula is C7H4F3IN2O4. The lowest BCUT2D eigenvalue weighted by atomic mass is 10.4. The zero-order valence-corrected chi connectivity index (χ0v) is 10.3. The fraction of sp³-hybridized carbons (Fsp3) is 0.286. The maximum Gasteiger partial charge on any atom is 0.573 e. The topological polar surface area (TPSA) is 74.5 Å². The molecule has 0 aliphatic carbocycles. The van der Waals surface area contributed by atoms with Crippen molar-refractivity contribution in [1.29, 1.82) is 0 Å². The summed E-state index contributed by atoms with van der Waals surface area (Å²) >= 11 is 1.53. The van der Waals surface area contributed by atoms with Crippen LogP contribution in [0.5, 0.6) is 11.5 Å². The number of alkyl halides is 3. The largest absolute Gasteiger partial charge is 0.573 e. The summed E-state index contributed by atoms with van der Waals surface area (Å²) in [6.45, 7) is 0. The highest BCUT2D eigenvalue weighted by molar-refractivity contribution is 14.1. The number of hydrogen-bond acceptors (Lipinski definition) is 5. The summed E-state index contributed by atoms with van der Waals surface area (Å²) in [5.41, 5.74) is 0. The van der Waals surface area contributed by atoms with Gasteiger partial charge in [-0.2, -0.15) is 0 Å². The van der Waals surface area contributed by atoms with Gasteiger partial charge in [-0.05, 0) is 9.91 Å². The molecular weight excluding hydrogens is 360 g/mol. The highest BCUT2D eigenvalue weighted by Crippen LogP contribution is 2.38. The number of halogens is 4. The van der Waals surface area contributed by atoms with Crippen LogP contribution in [0.15, 0.2) is 6.07 Å². The minimum absolute atomic E-state index is 0.0191. The van der Waals surface area contributed by atoms with Crippen LogP contribution in [-0.2, 0) is 0 Å². The van der Waals surface area contributed by atoms with Crippen molar-refractivity contribution in [2.24, 2.45) is 0 Å². The molecule has 1 aromatic rings. The number of aromatic nitrogens is 1. The van der Waals surface area contributed by atoms with E-state index in [0.29, 0.717) is 0 Å². The number of ether oxygens (including phenoxy) is 2. The Morgan fingerprint density at radius 1 is 1.53 bits per heavy atom. The van der Waals surface area contributed by atoms with E-state index in [1.807, 2.05) is 0 Å². The van der Waals surface area contributed by atoms with Crippen LogP contribution in [0.1, 0.15) is 0 Å². The van der Waals surface area contributed by atoms with E-state index in [-0.39, 0.29) is 3.70 Å². The third-order valence-corrected chi connectivity index (χ3v) is 2.05. The third kappa shape index (κ3) is 3.57. The smallest absolute Gasteiger partial charge is 0.486 e. The van der Waals surface area contributed by atoms with Crippen molar-refractivity contribution in [3.8, 4) is 11.5 Å². The summed E-state index contributed by atoms with van der Waals surface area (Å²) in [4.78, 5) is 13.1. The van der Waals surface area contributed by atoms with E-state index in [1.54, 1.807) is 0 Å². The van der Waals surface area contributed by atoms with Crippen molar-refractivity contribution < 1.29 is 27.6 Å². The molecule has 0 amide bonds. The Hall–Kier alpha value is -1.33. The number of nitro groups is 1. The van der Waals surface area contributed by atoms with Gasteiger partial charge in [0.15, 0.2) is 5.75 Å². The normalized spacial score (nSPS) is 11.1. The molecule has 1 rings (SSSR count). The van der Waals surface area contributed by atoms with Crippen molar-refractivity contribution in [3.05, 3.63) is 19.9 Å². The Bertz CT molecular complexity index is 451. The number of pyridine rings is 1. The Balaban J connectivity index is 3.33. The molecule has 0 aliphatic rings. The Kier molecular flexibility index (Phi) is 3.95. The van der Waals surface area contributed by atoms with E-state index in [1.165, 1.54) is 22.6 Å². The van der Waals surface area contributed by atoms with E-state index in [9.17, 15) is 23.3 Å². The highest BCUT2D eigenvalue weighted by atomic mass is 127. The molecule has 0 fully saturated rings. The van der Waals surface area contributed by atoms with Gasteiger partial charge in [-0.25, -0.2) is 0 Å². The van der Waals surface area contributed by atoms with Crippen molar-refractivity contribution >= 4 is 28.4 Å². The van der Waals surface area contributed by atoms with Crippen LogP contribution in [0.4, 0.5) is 19.0 Å². The highest BCUT2D eigenvalue weighted by Gasteiger charge is 2.35. The van der Waals surface area contributed by atoms with Crippen molar-refractivity contribution in [3.63, 3.8) is 0 Å². The van der Waals surface area contributed by atoms with Gasteiger partial charge in [-0.1, -0.05) is 0 Å². The number of methoxy groups -OCH3 is 1. The first-order valence-corrected chi connectivity index (χ1v) is 4.97. The molecule has 1 heterocycles. The molecule has 94 valence electrons. The van der Waals surface area contributed by atoms with Gasteiger partial charge in [0, 0.05) is 28.7 Å². The third-order valence-electron chi connectivity index (χ3n) is 1.49. The average Bonchev–Trinajstić information content (AvgIpc) is 2.14. The first kappa shape index (κ1) is 13.7. The molecule has 0 saturated heterocycles. The molecule has 0 spiro atoms. The van der Waals surface area contributed by atoms with Crippen molar-refractivity contribution in [1.82, 2.24) is 4.98 Å². The van der Waals surface area contributed by atoms with Gasteiger partial charge in [0.05, 0.1) is 7.11 Å². The van der Waals surface area contributed by atoms with Crippen molar-refractivity contribution in [2.75, 3.05) is 7.11 Å². The van der Waals surface area contributed by atoms with Gasteiger partial charge < -0.3 is 19.6 Å². The summed E-state index contributed by atoms with van der Waals surface area (Å²) in [6, 6.07) is 0.889. The zero-order chi connectivity index (χ0) is 13.2. The van der Waals surface area contributed by atoms with Crippen LogP contribution in [0.2, 0.25) is 0 Å². The van der Waals surface area contributed by atoms with Gasteiger partial charge in [0.2, 0.25) is 3.70 Å². The molecule has 0 aromatic carbocycles. The summed E-state index contributed by atoms with van der Waals surface area (Å²) < 4.78 is 44.3. The molecule has 1 aromatic heterocycles. The molecule has 0 bridgehead atoms. The van der Waals surface area contributed by atoms with Crippen LogP contribution in [0.3, 0.4) is 0 Å². The van der Waals surface area contributed by atoms with Crippen molar-refractivity contribution in [2.45, 2.75) is 6.36 Å². The van der Waals surface area contributed by atoms with Gasteiger partial charge >= 0.3 is 12.2 Å². The van der Waals surface area contributed by atoms with E-state index in [0.717, 1.165) is 13.2 Å². The Morgan fingerprint density at radius 3 is 2.53 bits per heavy atom. The van der Waals surface area contributed by atoms with Gasteiger partial charge in [-0.15, -0.1) is 13.2 Å². The minimum Gasteiger partial charge on any atom is -0.486 e. The standard InChI is InChI=1S/C7H4F3IN2O4/c1-16-5-3(17-7(8,9)10)2-4(11)12-6(5)13(14)15/h2H,1H3. The number of rotatable bonds is 3. The van der Waals surface area contributed by atoms with E-state index >= 15 is 0 Å². The molecule has 0 saturated carbocycles. The number of nitrogens with zero attached hydrogens (tertiary/aromatic N) is 2. The summed E-state index contributed by atoms with van der Waals surface area (Å²) in [5.74, 6) is -2.31. The van der Waals surface area contributed by atoms with E-state index < -0.39 is 28.6 Å². The second-order valence-corrected chi connectivity index (χ2v) is 3.71. The molecule has 0 atom stereocenters. The Labute approximate surface area is 106 Å². The monoisotopic (exact) mass is 364 g/mol. The first-order chi connectivity index (χ1) is 7.74. The quantitative estimate of drug-likeness (QED) is 0.357. The fourth-order valence-electron chi connectivity index (χ4n) is 0.984. The number of hydrogen-bond donors (Lipinski definition) is 0. The molecule has 0 N–H and O–H groups in total. The summed E-state index contributed by atoms with van der Waals surface area (Å²) in [6.07, 6.45) is -4.97. The van der Waals surface area contributed by atoms with Gasteiger partial charge in [-0.3, -0.25) is 0 Å². The predicted octanol–water partition coefficient (Wildman–Crippen LogP) is 2.50. The van der Waals surface area contributed by atoms with Crippen LogP contribution in [0.25, 0.3) is 0 Å². The average molecular weight is 364 g/mol. The molecule has 6 nitrogen and oxygen atoms in total. The van der Waals surface area contributed by atoms with Crippen LogP contribution in [-0.4, -0.2) is 23.4 Å². The van der Waals surface area contributed by atoms with Gasteiger partial charge in [0.25, 0.3) is 5.75 Å². The van der Waals surface area contributed by atoms with Crippen LogP contribution in [0, 0.1) is 13.8 Å². The zero-order valence-electron chi connectivity index (χ0n) is 8.12. The molecule has 0 radical (unpaired) electrons. The summed E-state index contributed by atoms with van der Waals surface area (Å²) in [5, 5.41) is 10.6. The SMILES string of the molecule is COc1c(OC(F)(F)F)cc(I)nc1[N+](=O)[O-]. The maximum atomic E-state index is 12.1. The molecule has 0 aliphatic heterocycles. The maximum absolute atomic E-state index is 12.1. The van der Waals surface area contributed by atoms with E-state index in [2.05, 4.69) is 14.5 Å². The van der Waals surface area contributed by atoms with Gasteiger partial charge in [0.1, 0.15) is 0 Å². The van der Waals surface area contributed by atoms with E-state index in [4.69, 9.17) is 0 Å². The lowest BCUT2D eigenvalue weighted by Gasteiger charge is -2.11. The molecule has 10 heteroatoms. The Morgan fingerprint density at radius 2 is 2.12 bits per heavy atom.